The fourth-order valence-corrected chi connectivity index (χ4v) is 2.09. The molecule has 0 saturated heterocycles. The molecule has 2 aromatic rings. The molecule has 0 aliphatic rings. The average Bonchev–Trinajstić information content (AvgIpc) is 2.34. The average molecular weight is 326 g/mol. The Labute approximate surface area is 120 Å². The van der Waals surface area contributed by atoms with Gasteiger partial charge in [0.2, 0.25) is 0 Å². The Balaban J connectivity index is 2.10. The summed E-state index contributed by atoms with van der Waals surface area (Å²) in [7, 11) is 0. The van der Waals surface area contributed by atoms with Crippen molar-refractivity contribution in [1.82, 2.24) is 0 Å². The summed E-state index contributed by atoms with van der Waals surface area (Å²) >= 11 is 9.42. The zero-order valence-electron chi connectivity index (χ0n) is 10.0. The van der Waals surface area contributed by atoms with Gasteiger partial charge >= 0.3 is 0 Å². The molecule has 2 aromatic carbocycles. The van der Waals surface area contributed by atoms with Crippen LogP contribution >= 0.6 is 27.5 Å². The van der Waals surface area contributed by atoms with Crippen molar-refractivity contribution in [2.45, 2.75) is 13.5 Å². The number of hydrogen-bond acceptors (Lipinski definition) is 2. The highest BCUT2D eigenvalue weighted by Gasteiger charge is 2.03. The second kappa shape index (κ2) is 5.63. The maximum Gasteiger partial charge on any atom is 0.0580 e. The van der Waals surface area contributed by atoms with E-state index < -0.39 is 0 Å². The van der Waals surface area contributed by atoms with Crippen molar-refractivity contribution in [3.8, 4) is 0 Å². The molecule has 0 aromatic heterocycles. The molecule has 2 nitrogen and oxygen atoms in total. The molecule has 94 valence electrons. The zero-order chi connectivity index (χ0) is 13.1. The molecule has 0 unspecified atom stereocenters. The van der Waals surface area contributed by atoms with Crippen LogP contribution in [0.4, 0.5) is 11.4 Å². The summed E-state index contributed by atoms with van der Waals surface area (Å²) in [5.74, 6) is 0. The van der Waals surface area contributed by atoms with Crippen LogP contribution in [0, 0.1) is 6.92 Å². The third-order valence-electron chi connectivity index (χ3n) is 2.73. The van der Waals surface area contributed by atoms with E-state index in [1.165, 1.54) is 5.56 Å². The van der Waals surface area contributed by atoms with Gasteiger partial charge in [0, 0.05) is 16.0 Å². The summed E-state index contributed by atoms with van der Waals surface area (Å²) in [6.45, 7) is 2.70. The van der Waals surface area contributed by atoms with Gasteiger partial charge in [-0.3, -0.25) is 0 Å². The molecule has 0 spiro atoms. The van der Waals surface area contributed by atoms with Gasteiger partial charge in [0.1, 0.15) is 0 Å². The molecular formula is C14H14BrClN2. The van der Waals surface area contributed by atoms with Crippen LogP contribution in [0.15, 0.2) is 40.9 Å². The second-order valence-electron chi connectivity index (χ2n) is 4.17. The first-order valence-corrected chi connectivity index (χ1v) is 6.77. The molecule has 0 amide bonds. The molecule has 0 bridgehead atoms. The molecule has 18 heavy (non-hydrogen) atoms. The topological polar surface area (TPSA) is 38.0 Å². The number of hydrogen-bond donors (Lipinski definition) is 2. The molecule has 0 aliphatic carbocycles. The molecule has 0 saturated carbocycles. The normalized spacial score (nSPS) is 10.4. The number of rotatable bonds is 3. The molecule has 0 heterocycles. The van der Waals surface area contributed by atoms with E-state index >= 15 is 0 Å². The van der Waals surface area contributed by atoms with Gasteiger partial charge in [-0.25, -0.2) is 0 Å². The number of nitrogens with two attached hydrogens (primary N) is 1. The van der Waals surface area contributed by atoms with Crippen LogP contribution in [0.3, 0.4) is 0 Å². The molecule has 0 atom stereocenters. The largest absolute Gasteiger partial charge is 0.397 e. The number of aryl methyl sites for hydroxylation is 1. The van der Waals surface area contributed by atoms with Crippen LogP contribution in [0.2, 0.25) is 5.02 Å². The van der Waals surface area contributed by atoms with E-state index in [0.29, 0.717) is 10.7 Å². The van der Waals surface area contributed by atoms with Gasteiger partial charge in [-0.2, -0.15) is 0 Å². The monoisotopic (exact) mass is 324 g/mol. The first-order chi connectivity index (χ1) is 8.56. The molecule has 0 fully saturated rings. The lowest BCUT2D eigenvalue weighted by Gasteiger charge is -2.11. The Morgan fingerprint density at radius 1 is 1.22 bits per heavy atom. The minimum atomic E-state index is 0.669. The van der Waals surface area contributed by atoms with Crippen LogP contribution in [0.25, 0.3) is 0 Å². The molecule has 0 radical (unpaired) electrons. The second-order valence-corrected chi connectivity index (χ2v) is 5.49. The summed E-state index contributed by atoms with van der Waals surface area (Å²) in [5.41, 5.74) is 9.73. The van der Waals surface area contributed by atoms with Gasteiger partial charge in [-0.05, 0) is 42.3 Å². The maximum absolute atomic E-state index is 6.01. The minimum Gasteiger partial charge on any atom is -0.397 e. The van der Waals surface area contributed by atoms with E-state index in [4.69, 9.17) is 17.3 Å². The first-order valence-electron chi connectivity index (χ1n) is 5.60. The summed E-state index contributed by atoms with van der Waals surface area (Å²) in [6.07, 6.45) is 0. The number of anilines is 2. The number of nitrogens with one attached hydrogen (secondary N) is 1. The summed E-state index contributed by atoms with van der Waals surface area (Å²) in [5, 5.41) is 4.01. The van der Waals surface area contributed by atoms with E-state index in [9.17, 15) is 0 Å². The predicted molar refractivity (Wildman–Crippen MR) is 82.1 cm³/mol. The van der Waals surface area contributed by atoms with E-state index in [1.807, 2.05) is 25.1 Å². The number of nitrogen functional groups attached to an aromatic ring is 1. The highest BCUT2D eigenvalue weighted by molar-refractivity contribution is 9.10. The smallest absolute Gasteiger partial charge is 0.0580 e. The van der Waals surface area contributed by atoms with E-state index in [0.717, 1.165) is 22.3 Å². The van der Waals surface area contributed by atoms with Gasteiger partial charge in [0.25, 0.3) is 0 Å². The molecule has 3 N–H and O–H groups in total. The zero-order valence-corrected chi connectivity index (χ0v) is 12.3. The summed E-state index contributed by atoms with van der Waals surface area (Å²) < 4.78 is 1.08. The minimum absolute atomic E-state index is 0.669. The van der Waals surface area contributed by atoms with E-state index in [2.05, 4.69) is 33.4 Å². The first kappa shape index (κ1) is 13.2. The lowest BCUT2D eigenvalue weighted by atomic mass is 10.1. The molecule has 4 heteroatoms. The highest BCUT2D eigenvalue weighted by Crippen LogP contribution is 2.27. The third kappa shape index (κ3) is 3.18. The lowest BCUT2D eigenvalue weighted by molar-refractivity contribution is 1.15. The van der Waals surface area contributed by atoms with E-state index in [1.54, 1.807) is 6.07 Å². The van der Waals surface area contributed by atoms with Gasteiger partial charge in [0.15, 0.2) is 0 Å². The van der Waals surface area contributed by atoms with Crippen LogP contribution in [-0.4, -0.2) is 0 Å². The fraction of sp³-hybridized carbons (Fsp3) is 0.143. The Kier molecular flexibility index (Phi) is 4.15. The third-order valence-corrected chi connectivity index (χ3v) is 3.66. The quantitative estimate of drug-likeness (QED) is 0.809. The van der Waals surface area contributed by atoms with Crippen LogP contribution in [-0.2, 0) is 6.54 Å². The SMILES string of the molecule is Cc1cc(NCc2ccc(Br)cc2)c(N)cc1Cl. The predicted octanol–water partition coefficient (Wildman–Crippen LogP) is 4.61. The van der Waals surface area contributed by atoms with Gasteiger partial charge in [-0.15, -0.1) is 0 Å². The van der Waals surface area contributed by atoms with Crippen molar-refractivity contribution in [3.05, 3.63) is 57.0 Å². The highest BCUT2D eigenvalue weighted by atomic mass is 79.9. The molecular weight excluding hydrogens is 312 g/mol. The summed E-state index contributed by atoms with van der Waals surface area (Å²) in [6, 6.07) is 11.9. The molecule has 2 rings (SSSR count). The van der Waals surface area contributed by atoms with Crippen LogP contribution in [0.5, 0.6) is 0 Å². The molecule has 0 aliphatic heterocycles. The Hall–Kier alpha value is -1.19. The lowest BCUT2D eigenvalue weighted by Crippen LogP contribution is -2.03. The van der Waals surface area contributed by atoms with Crippen molar-refractivity contribution in [2.24, 2.45) is 0 Å². The number of halogens is 2. The fourth-order valence-electron chi connectivity index (χ4n) is 1.65. The van der Waals surface area contributed by atoms with E-state index in [-0.39, 0.29) is 0 Å². The van der Waals surface area contributed by atoms with Crippen molar-refractivity contribution < 1.29 is 0 Å². The number of benzene rings is 2. The Morgan fingerprint density at radius 3 is 2.56 bits per heavy atom. The van der Waals surface area contributed by atoms with Gasteiger partial charge in [0.05, 0.1) is 11.4 Å². The standard InChI is InChI=1S/C14H14BrClN2/c1-9-6-14(13(17)7-12(9)16)18-8-10-2-4-11(15)5-3-10/h2-7,18H,8,17H2,1H3. The van der Waals surface area contributed by atoms with Crippen LogP contribution in [0.1, 0.15) is 11.1 Å². The van der Waals surface area contributed by atoms with Crippen molar-refractivity contribution in [2.75, 3.05) is 11.1 Å². The van der Waals surface area contributed by atoms with Gasteiger partial charge in [-0.1, -0.05) is 39.7 Å². The van der Waals surface area contributed by atoms with Crippen molar-refractivity contribution in [3.63, 3.8) is 0 Å². The maximum atomic E-state index is 6.01. The summed E-state index contributed by atoms with van der Waals surface area (Å²) in [4.78, 5) is 0. The van der Waals surface area contributed by atoms with Crippen LogP contribution < -0.4 is 11.1 Å². The van der Waals surface area contributed by atoms with Crippen molar-refractivity contribution >= 4 is 38.9 Å². The van der Waals surface area contributed by atoms with Crippen molar-refractivity contribution in [1.29, 1.82) is 0 Å². The van der Waals surface area contributed by atoms with Gasteiger partial charge < -0.3 is 11.1 Å². The Morgan fingerprint density at radius 2 is 1.89 bits per heavy atom. The Bertz CT molecular complexity index is 552.